The Balaban J connectivity index is 2.02. The molecule has 0 saturated carbocycles. The third kappa shape index (κ3) is 4.00. The predicted octanol–water partition coefficient (Wildman–Crippen LogP) is 3.25. The van der Waals surface area contributed by atoms with E-state index in [1.165, 1.54) is 24.3 Å². The van der Waals surface area contributed by atoms with Crippen LogP contribution in [0.1, 0.15) is 31.8 Å². The van der Waals surface area contributed by atoms with Gasteiger partial charge in [-0.05, 0) is 37.6 Å². The number of aryl methyl sites for hydroxylation is 2. The molecule has 6 nitrogen and oxygen atoms in total. The number of Topliss-reactive ketones (excluding diaryl/α,β-unsaturated/α-hetero) is 1. The first-order valence-electron chi connectivity index (χ1n) is 6.90. The smallest absolute Gasteiger partial charge is 0.338 e. The Morgan fingerprint density at radius 3 is 2.35 bits per heavy atom. The third-order valence-electron chi connectivity index (χ3n) is 3.34. The van der Waals surface area contributed by atoms with Crippen molar-refractivity contribution in [1.29, 1.82) is 0 Å². The number of ketones is 1. The van der Waals surface area contributed by atoms with Gasteiger partial charge in [0, 0.05) is 17.7 Å². The van der Waals surface area contributed by atoms with Crippen LogP contribution in [0.15, 0.2) is 42.5 Å². The summed E-state index contributed by atoms with van der Waals surface area (Å²) in [6.07, 6.45) is 0. The van der Waals surface area contributed by atoms with Crippen molar-refractivity contribution in [3.8, 4) is 0 Å². The van der Waals surface area contributed by atoms with Gasteiger partial charge in [-0.2, -0.15) is 0 Å². The quantitative estimate of drug-likeness (QED) is 0.366. The van der Waals surface area contributed by atoms with Gasteiger partial charge >= 0.3 is 5.97 Å². The van der Waals surface area contributed by atoms with Gasteiger partial charge in [-0.1, -0.05) is 17.7 Å². The summed E-state index contributed by atoms with van der Waals surface area (Å²) in [4.78, 5) is 34.0. The number of non-ortho nitro benzene ring substituents is 1. The topological polar surface area (TPSA) is 86.5 Å². The Labute approximate surface area is 132 Å². The minimum atomic E-state index is -0.696. The largest absolute Gasteiger partial charge is 0.454 e. The number of nitro groups is 1. The molecular formula is C17H15NO5. The molecule has 0 aliphatic heterocycles. The van der Waals surface area contributed by atoms with Crippen molar-refractivity contribution in [2.75, 3.05) is 6.61 Å². The molecule has 0 aromatic heterocycles. The fraction of sp³-hybridized carbons (Fsp3) is 0.176. The maximum Gasteiger partial charge on any atom is 0.338 e. The molecule has 118 valence electrons. The number of carbonyl (C=O) groups excluding carboxylic acids is 2. The van der Waals surface area contributed by atoms with E-state index < -0.39 is 10.9 Å². The van der Waals surface area contributed by atoms with Crippen LogP contribution >= 0.6 is 0 Å². The van der Waals surface area contributed by atoms with Crippen molar-refractivity contribution in [3.05, 3.63) is 74.8 Å². The minimum Gasteiger partial charge on any atom is -0.454 e. The molecule has 2 aromatic carbocycles. The van der Waals surface area contributed by atoms with Crippen LogP contribution < -0.4 is 0 Å². The van der Waals surface area contributed by atoms with E-state index in [1.807, 2.05) is 26.0 Å². The molecule has 0 N–H and O–H groups in total. The summed E-state index contributed by atoms with van der Waals surface area (Å²) in [7, 11) is 0. The van der Waals surface area contributed by atoms with Gasteiger partial charge in [0.05, 0.1) is 10.5 Å². The maximum atomic E-state index is 12.1. The summed E-state index contributed by atoms with van der Waals surface area (Å²) in [5.74, 6) is -0.986. The van der Waals surface area contributed by atoms with Crippen molar-refractivity contribution in [2.45, 2.75) is 13.8 Å². The van der Waals surface area contributed by atoms with Crippen LogP contribution in [0.25, 0.3) is 0 Å². The highest BCUT2D eigenvalue weighted by Crippen LogP contribution is 2.14. The van der Waals surface area contributed by atoms with Crippen LogP contribution in [0.3, 0.4) is 0 Å². The van der Waals surface area contributed by atoms with E-state index in [0.29, 0.717) is 5.56 Å². The molecule has 6 heteroatoms. The van der Waals surface area contributed by atoms with Crippen molar-refractivity contribution >= 4 is 17.4 Å². The van der Waals surface area contributed by atoms with Crippen LogP contribution in [0.5, 0.6) is 0 Å². The van der Waals surface area contributed by atoms with Crippen LogP contribution in [0, 0.1) is 24.0 Å². The molecule has 0 fully saturated rings. The first-order valence-corrected chi connectivity index (χ1v) is 6.90. The number of nitro benzene ring substituents is 1. The van der Waals surface area contributed by atoms with Gasteiger partial charge in [0.1, 0.15) is 0 Å². The molecule has 0 bridgehead atoms. The highest BCUT2D eigenvalue weighted by atomic mass is 16.6. The lowest BCUT2D eigenvalue weighted by Crippen LogP contribution is -2.15. The van der Waals surface area contributed by atoms with Crippen LogP contribution in [-0.2, 0) is 4.74 Å². The molecule has 0 unspecified atom stereocenters. The molecular weight excluding hydrogens is 298 g/mol. The van der Waals surface area contributed by atoms with Crippen LogP contribution in [0.4, 0.5) is 5.69 Å². The van der Waals surface area contributed by atoms with Crippen molar-refractivity contribution in [2.24, 2.45) is 0 Å². The summed E-state index contributed by atoms with van der Waals surface area (Å²) in [6.45, 7) is 3.31. The third-order valence-corrected chi connectivity index (χ3v) is 3.34. The normalized spacial score (nSPS) is 10.2. The lowest BCUT2D eigenvalue weighted by Gasteiger charge is -2.07. The lowest BCUT2D eigenvalue weighted by atomic mass is 10.0. The summed E-state index contributed by atoms with van der Waals surface area (Å²) in [5.41, 5.74) is 2.31. The van der Waals surface area contributed by atoms with Gasteiger partial charge in [0.15, 0.2) is 6.61 Å². The average molecular weight is 313 g/mol. The second kappa shape index (κ2) is 6.83. The zero-order chi connectivity index (χ0) is 17.0. The number of nitrogens with zero attached hydrogens (tertiary/aromatic N) is 1. The van der Waals surface area contributed by atoms with E-state index in [1.54, 1.807) is 6.07 Å². The van der Waals surface area contributed by atoms with E-state index in [0.717, 1.165) is 11.1 Å². The molecule has 0 atom stereocenters. The van der Waals surface area contributed by atoms with E-state index >= 15 is 0 Å². The van der Waals surface area contributed by atoms with Gasteiger partial charge in [-0.15, -0.1) is 0 Å². The molecule has 0 heterocycles. The Kier molecular flexibility index (Phi) is 4.85. The van der Waals surface area contributed by atoms with E-state index in [4.69, 9.17) is 4.74 Å². The van der Waals surface area contributed by atoms with Gasteiger partial charge in [0.2, 0.25) is 5.78 Å². The zero-order valence-electron chi connectivity index (χ0n) is 12.7. The molecule has 2 rings (SSSR count). The standard InChI is InChI=1S/C17H15NO5/c1-11-3-4-12(2)15(9-11)16(19)10-23-17(20)13-5-7-14(8-6-13)18(21)22/h3-9H,10H2,1-2H3. The minimum absolute atomic E-state index is 0.118. The Hall–Kier alpha value is -3.02. The molecule has 0 saturated heterocycles. The summed E-state index contributed by atoms with van der Waals surface area (Å²) in [5, 5.41) is 10.6. The summed E-state index contributed by atoms with van der Waals surface area (Å²) in [6, 6.07) is 10.5. The SMILES string of the molecule is Cc1ccc(C)c(C(=O)COC(=O)c2ccc([N+](=O)[O-])cc2)c1. The molecule has 23 heavy (non-hydrogen) atoms. The zero-order valence-corrected chi connectivity index (χ0v) is 12.7. The fourth-order valence-electron chi connectivity index (χ4n) is 2.05. The van der Waals surface area contributed by atoms with Crippen LogP contribution in [-0.4, -0.2) is 23.3 Å². The highest BCUT2D eigenvalue weighted by Gasteiger charge is 2.15. The highest BCUT2D eigenvalue weighted by molar-refractivity contribution is 6.00. The van der Waals surface area contributed by atoms with Gasteiger partial charge < -0.3 is 4.74 Å². The molecule has 0 radical (unpaired) electrons. The monoisotopic (exact) mass is 313 g/mol. The van der Waals surface area contributed by atoms with E-state index in [-0.39, 0.29) is 23.6 Å². The second-order valence-corrected chi connectivity index (χ2v) is 5.12. The molecule has 0 amide bonds. The number of carbonyl (C=O) groups is 2. The number of rotatable bonds is 5. The molecule has 0 spiro atoms. The summed E-state index contributed by atoms with van der Waals surface area (Å²) >= 11 is 0. The van der Waals surface area contributed by atoms with Crippen LogP contribution in [0.2, 0.25) is 0 Å². The van der Waals surface area contributed by atoms with Gasteiger partial charge in [-0.25, -0.2) is 4.79 Å². The Bertz CT molecular complexity index is 765. The Morgan fingerprint density at radius 2 is 1.74 bits per heavy atom. The second-order valence-electron chi connectivity index (χ2n) is 5.12. The number of hydrogen-bond donors (Lipinski definition) is 0. The number of esters is 1. The molecule has 0 aliphatic carbocycles. The first-order chi connectivity index (χ1) is 10.9. The first kappa shape index (κ1) is 16.4. The van der Waals surface area contributed by atoms with Crippen molar-refractivity contribution < 1.29 is 19.2 Å². The van der Waals surface area contributed by atoms with Gasteiger partial charge in [0.25, 0.3) is 5.69 Å². The average Bonchev–Trinajstić information content (AvgIpc) is 2.54. The fourth-order valence-corrected chi connectivity index (χ4v) is 2.05. The Morgan fingerprint density at radius 1 is 1.09 bits per heavy atom. The predicted molar refractivity (Wildman–Crippen MR) is 83.6 cm³/mol. The number of ether oxygens (including phenoxy) is 1. The van der Waals surface area contributed by atoms with E-state index in [2.05, 4.69) is 0 Å². The number of benzene rings is 2. The van der Waals surface area contributed by atoms with Gasteiger partial charge in [-0.3, -0.25) is 14.9 Å². The van der Waals surface area contributed by atoms with Crippen molar-refractivity contribution in [1.82, 2.24) is 0 Å². The number of hydrogen-bond acceptors (Lipinski definition) is 5. The van der Waals surface area contributed by atoms with Crippen molar-refractivity contribution in [3.63, 3.8) is 0 Å². The molecule has 0 aliphatic rings. The lowest BCUT2D eigenvalue weighted by molar-refractivity contribution is -0.384. The van der Waals surface area contributed by atoms with E-state index in [9.17, 15) is 19.7 Å². The molecule has 2 aromatic rings. The maximum absolute atomic E-state index is 12.1. The summed E-state index contributed by atoms with van der Waals surface area (Å²) < 4.78 is 4.98.